The number of hydrogen-bond acceptors (Lipinski definition) is 5. The van der Waals surface area contributed by atoms with Crippen molar-refractivity contribution in [2.75, 3.05) is 6.61 Å². The number of carbonyl (C=O) groups is 2. The first-order valence-electron chi connectivity index (χ1n) is 7.77. The molecular weight excluding hydrogens is 407 g/mol. The second-order valence-electron chi connectivity index (χ2n) is 5.50. The molecule has 0 bridgehead atoms. The smallest absolute Gasteiger partial charge is 0.293 e. The number of rotatable bonds is 5. The minimum absolute atomic E-state index is 0.103. The standard InChI is InChI=1S/C19H12Cl2N2O3S/c20-14-6-5-12(9-15(14)21)11-23-18(24)17(27-19(23)25)10-13-3-1-2-4-16(13)26-8-7-22/h1-6,9-10H,8,11H2/b17-10-. The number of para-hydroxylation sites is 1. The van der Waals surface area contributed by atoms with E-state index < -0.39 is 5.91 Å². The highest BCUT2D eigenvalue weighted by molar-refractivity contribution is 8.18. The first-order valence-corrected chi connectivity index (χ1v) is 9.35. The molecule has 1 aliphatic rings. The molecule has 2 aromatic rings. The maximum atomic E-state index is 12.7. The molecule has 3 rings (SSSR count). The average Bonchev–Trinajstić information content (AvgIpc) is 2.91. The highest BCUT2D eigenvalue weighted by Gasteiger charge is 2.35. The topological polar surface area (TPSA) is 70.4 Å². The maximum absolute atomic E-state index is 12.7. The van der Waals surface area contributed by atoms with Gasteiger partial charge in [-0.25, -0.2) is 0 Å². The Morgan fingerprint density at radius 1 is 1.15 bits per heavy atom. The highest BCUT2D eigenvalue weighted by Crippen LogP contribution is 2.35. The second kappa shape index (κ2) is 8.49. The predicted molar refractivity (Wildman–Crippen MR) is 106 cm³/mol. The molecule has 8 heteroatoms. The zero-order valence-corrected chi connectivity index (χ0v) is 16.1. The molecular formula is C19H12Cl2N2O3S. The molecule has 2 amide bonds. The van der Waals surface area contributed by atoms with E-state index in [2.05, 4.69) is 0 Å². The molecule has 27 heavy (non-hydrogen) atoms. The van der Waals surface area contributed by atoms with Crippen molar-refractivity contribution in [3.8, 4) is 11.8 Å². The van der Waals surface area contributed by atoms with E-state index in [0.717, 1.165) is 16.7 Å². The zero-order valence-electron chi connectivity index (χ0n) is 13.8. The van der Waals surface area contributed by atoms with Crippen molar-refractivity contribution in [1.29, 1.82) is 5.26 Å². The Kier molecular flexibility index (Phi) is 6.07. The van der Waals surface area contributed by atoms with Crippen LogP contribution in [0.4, 0.5) is 4.79 Å². The van der Waals surface area contributed by atoms with Crippen LogP contribution in [0.5, 0.6) is 5.75 Å². The first kappa shape index (κ1) is 19.3. The van der Waals surface area contributed by atoms with Crippen LogP contribution in [0.15, 0.2) is 47.4 Å². The molecule has 0 N–H and O–H groups in total. The van der Waals surface area contributed by atoms with E-state index in [0.29, 0.717) is 26.9 Å². The molecule has 5 nitrogen and oxygen atoms in total. The van der Waals surface area contributed by atoms with E-state index in [1.54, 1.807) is 48.5 Å². The third kappa shape index (κ3) is 4.45. The molecule has 0 aliphatic carbocycles. The normalized spacial score (nSPS) is 15.3. The summed E-state index contributed by atoms with van der Waals surface area (Å²) in [6.45, 7) is -0.00483. The second-order valence-corrected chi connectivity index (χ2v) is 7.31. The third-order valence-corrected chi connectivity index (χ3v) is 5.34. The van der Waals surface area contributed by atoms with Crippen LogP contribution in [0, 0.1) is 11.3 Å². The third-order valence-electron chi connectivity index (χ3n) is 3.70. The number of nitrogens with zero attached hydrogens (tertiary/aromatic N) is 2. The van der Waals surface area contributed by atoms with Gasteiger partial charge in [0.2, 0.25) is 0 Å². The van der Waals surface area contributed by atoms with Gasteiger partial charge in [0.05, 0.1) is 21.5 Å². The van der Waals surface area contributed by atoms with E-state index in [-0.39, 0.29) is 23.3 Å². The van der Waals surface area contributed by atoms with Crippen molar-refractivity contribution in [2.24, 2.45) is 0 Å². The largest absolute Gasteiger partial charge is 0.478 e. The van der Waals surface area contributed by atoms with Crippen molar-refractivity contribution >= 4 is 52.2 Å². The Bertz CT molecular complexity index is 985. The summed E-state index contributed by atoms with van der Waals surface area (Å²) in [6, 6.07) is 13.9. The molecule has 1 saturated heterocycles. The molecule has 2 aromatic carbocycles. The average molecular weight is 419 g/mol. The van der Waals surface area contributed by atoms with Gasteiger partial charge in [0.15, 0.2) is 6.61 Å². The number of nitriles is 1. The molecule has 1 aliphatic heterocycles. The van der Waals surface area contributed by atoms with Gasteiger partial charge in [0.25, 0.3) is 11.1 Å². The van der Waals surface area contributed by atoms with E-state index in [1.807, 2.05) is 6.07 Å². The van der Waals surface area contributed by atoms with Gasteiger partial charge >= 0.3 is 0 Å². The Morgan fingerprint density at radius 2 is 1.93 bits per heavy atom. The van der Waals surface area contributed by atoms with Gasteiger partial charge in [0, 0.05) is 5.56 Å². The van der Waals surface area contributed by atoms with Gasteiger partial charge in [-0.1, -0.05) is 47.5 Å². The number of ether oxygens (including phenoxy) is 1. The summed E-state index contributed by atoms with van der Waals surface area (Å²) < 4.78 is 5.35. The zero-order chi connectivity index (χ0) is 19.4. The minimum Gasteiger partial charge on any atom is -0.478 e. The Morgan fingerprint density at radius 3 is 2.67 bits per heavy atom. The van der Waals surface area contributed by atoms with Gasteiger partial charge in [-0.05, 0) is 41.6 Å². The first-order chi connectivity index (χ1) is 13.0. The Balaban J connectivity index is 1.83. The summed E-state index contributed by atoms with van der Waals surface area (Å²) in [5.41, 5.74) is 1.32. The predicted octanol–water partition coefficient (Wildman–Crippen LogP) is 5.13. The molecule has 1 heterocycles. The van der Waals surface area contributed by atoms with Crippen LogP contribution >= 0.6 is 35.0 Å². The van der Waals surface area contributed by atoms with E-state index in [4.69, 9.17) is 33.2 Å². The lowest BCUT2D eigenvalue weighted by Gasteiger charge is -2.13. The molecule has 0 atom stereocenters. The van der Waals surface area contributed by atoms with Crippen molar-refractivity contribution in [2.45, 2.75) is 6.54 Å². The van der Waals surface area contributed by atoms with Crippen molar-refractivity contribution in [3.63, 3.8) is 0 Å². The van der Waals surface area contributed by atoms with Gasteiger partial charge in [-0.15, -0.1) is 0 Å². The summed E-state index contributed by atoms with van der Waals surface area (Å²) >= 11 is 12.7. The number of halogens is 2. The number of amides is 2. The van der Waals surface area contributed by atoms with Gasteiger partial charge in [0.1, 0.15) is 11.8 Å². The quantitative estimate of drug-likeness (QED) is 0.629. The van der Waals surface area contributed by atoms with Crippen LogP contribution in [-0.2, 0) is 11.3 Å². The summed E-state index contributed by atoms with van der Waals surface area (Å²) in [5.74, 6) is 0.0708. The Hall–Kier alpha value is -2.46. The molecule has 1 fully saturated rings. The number of imide groups is 1. The van der Waals surface area contributed by atoms with Crippen molar-refractivity contribution in [1.82, 2.24) is 4.90 Å². The van der Waals surface area contributed by atoms with Crippen LogP contribution < -0.4 is 4.74 Å². The van der Waals surface area contributed by atoms with Gasteiger partial charge in [-0.2, -0.15) is 5.26 Å². The van der Waals surface area contributed by atoms with Gasteiger partial charge < -0.3 is 4.74 Å². The lowest BCUT2D eigenvalue weighted by Crippen LogP contribution is -2.27. The van der Waals surface area contributed by atoms with Crippen LogP contribution in [0.1, 0.15) is 11.1 Å². The van der Waals surface area contributed by atoms with Crippen LogP contribution in [0.2, 0.25) is 10.0 Å². The number of thioether (sulfide) groups is 1. The minimum atomic E-state index is -0.397. The molecule has 0 radical (unpaired) electrons. The lowest BCUT2D eigenvalue weighted by molar-refractivity contribution is -0.123. The number of benzene rings is 2. The van der Waals surface area contributed by atoms with Crippen molar-refractivity contribution in [3.05, 3.63) is 68.5 Å². The molecule has 0 unspecified atom stereocenters. The van der Waals surface area contributed by atoms with Crippen LogP contribution in [0.25, 0.3) is 6.08 Å². The highest BCUT2D eigenvalue weighted by atomic mass is 35.5. The Labute approximate surface area is 170 Å². The maximum Gasteiger partial charge on any atom is 0.293 e. The summed E-state index contributed by atoms with van der Waals surface area (Å²) in [4.78, 5) is 26.4. The monoisotopic (exact) mass is 418 g/mol. The fraction of sp³-hybridized carbons (Fsp3) is 0.105. The van der Waals surface area contributed by atoms with Gasteiger partial charge in [-0.3, -0.25) is 14.5 Å². The van der Waals surface area contributed by atoms with E-state index >= 15 is 0 Å². The van der Waals surface area contributed by atoms with Crippen LogP contribution in [0.3, 0.4) is 0 Å². The fourth-order valence-corrected chi connectivity index (χ4v) is 3.59. The molecule has 0 spiro atoms. The molecule has 0 saturated carbocycles. The van der Waals surface area contributed by atoms with E-state index in [1.165, 1.54) is 0 Å². The summed E-state index contributed by atoms with van der Waals surface area (Å²) in [5, 5.41) is 9.07. The van der Waals surface area contributed by atoms with Crippen molar-refractivity contribution < 1.29 is 14.3 Å². The summed E-state index contributed by atoms with van der Waals surface area (Å²) in [6.07, 6.45) is 1.59. The summed E-state index contributed by atoms with van der Waals surface area (Å²) in [7, 11) is 0. The molecule has 136 valence electrons. The van der Waals surface area contributed by atoms with E-state index in [9.17, 15) is 9.59 Å². The SMILES string of the molecule is N#CCOc1ccccc1/C=C1\SC(=O)N(Cc2ccc(Cl)c(Cl)c2)C1=O. The lowest BCUT2D eigenvalue weighted by atomic mass is 10.1. The number of carbonyl (C=O) groups excluding carboxylic acids is 2. The fourth-order valence-electron chi connectivity index (χ4n) is 2.44. The molecule has 0 aromatic heterocycles. The number of hydrogen-bond donors (Lipinski definition) is 0. The van der Waals surface area contributed by atoms with Crippen LogP contribution in [-0.4, -0.2) is 22.7 Å².